The lowest BCUT2D eigenvalue weighted by molar-refractivity contribution is -0.906. The summed E-state index contributed by atoms with van der Waals surface area (Å²) in [5.41, 5.74) is 1.06. The first-order chi connectivity index (χ1) is 10.5. The van der Waals surface area contributed by atoms with Crippen LogP contribution < -0.4 is 4.90 Å². The van der Waals surface area contributed by atoms with Crippen molar-refractivity contribution in [2.24, 2.45) is 0 Å². The molecule has 1 aliphatic rings. The van der Waals surface area contributed by atoms with Gasteiger partial charge in [0.15, 0.2) is 0 Å². The van der Waals surface area contributed by atoms with Gasteiger partial charge in [-0.2, -0.15) is 0 Å². The number of nitrogens with one attached hydrogen (secondary N) is 1. The van der Waals surface area contributed by atoms with Crippen molar-refractivity contribution >= 4 is 31.7 Å². The maximum Gasteiger partial charge on any atom is 0.103 e. The molecule has 1 saturated heterocycles. The zero-order chi connectivity index (χ0) is 15.6. The molecule has 0 saturated carbocycles. The van der Waals surface area contributed by atoms with Crippen molar-refractivity contribution in [1.29, 1.82) is 0 Å². The van der Waals surface area contributed by atoms with Crippen molar-refractivity contribution in [2.45, 2.75) is 25.2 Å². The molecule has 2 aromatic rings. The smallest absolute Gasteiger partial charge is 0.103 e. The number of nitrogens with zero attached hydrogens (tertiary/aromatic N) is 1. The van der Waals surface area contributed by atoms with E-state index in [1.54, 1.807) is 11.3 Å². The molecule has 0 spiro atoms. The Balaban J connectivity index is 1.62. The Kier molecular flexibility index (Phi) is 4.77. The fourth-order valence-corrected chi connectivity index (χ4v) is 4.75. The van der Waals surface area contributed by atoms with Crippen LogP contribution >= 0.6 is 11.3 Å². The molecule has 1 unspecified atom stereocenters. The van der Waals surface area contributed by atoms with Gasteiger partial charge in [-0.05, 0) is 25.0 Å². The number of para-hydroxylation sites is 1. The minimum atomic E-state index is -4.08. The zero-order valence-electron chi connectivity index (χ0n) is 12.3. The highest BCUT2D eigenvalue weighted by Crippen LogP contribution is 2.30. The lowest BCUT2D eigenvalue weighted by Gasteiger charge is -2.29. The topological polar surface area (TPSA) is 74.5 Å². The van der Waals surface area contributed by atoms with Crippen molar-refractivity contribution in [3.05, 3.63) is 29.3 Å². The van der Waals surface area contributed by atoms with E-state index in [-0.39, 0.29) is 5.75 Å². The Morgan fingerprint density at radius 1 is 1.36 bits per heavy atom. The molecule has 22 heavy (non-hydrogen) atoms. The number of likely N-dealkylation sites (tertiary alicyclic amines) is 1. The van der Waals surface area contributed by atoms with Crippen LogP contribution in [0.5, 0.6) is 0 Å². The summed E-state index contributed by atoms with van der Waals surface area (Å²) >= 11 is 1.76. The number of piperidine rings is 1. The molecular formula is C15H20N2O3S2. The number of hydrogen-bond donors (Lipinski definition) is 1. The summed E-state index contributed by atoms with van der Waals surface area (Å²) in [6, 6.07) is 8.19. The van der Waals surface area contributed by atoms with Gasteiger partial charge in [0.2, 0.25) is 0 Å². The van der Waals surface area contributed by atoms with E-state index in [0.29, 0.717) is 12.3 Å². The number of quaternary nitrogens is 1. The van der Waals surface area contributed by atoms with Crippen molar-refractivity contribution in [3.63, 3.8) is 0 Å². The Bertz CT molecular complexity index is 709. The monoisotopic (exact) mass is 340 g/mol. The van der Waals surface area contributed by atoms with Gasteiger partial charge < -0.3 is 9.45 Å². The number of fused-ring (bicyclic) bond motifs is 1. The van der Waals surface area contributed by atoms with Crippen molar-refractivity contribution in [3.8, 4) is 0 Å². The second kappa shape index (κ2) is 6.62. The van der Waals surface area contributed by atoms with Crippen molar-refractivity contribution in [1.82, 2.24) is 4.98 Å². The molecule has 1 aromatic heterocycles. The normalized spacial score (nSPS) is 23.0. The number of benzene rings is 1. The molecule has 2 heterocycles. The second-order valence-corrected chi connectivity index (χ2v) is 8.51. The van der Waals surface area contributed by atoms with E-state index in [1.165, 1.54) is 14.6 Å². The minimum absolute atomic E-state index is 0.248. The molecule has 1 aromatic carbocycles. The maximum absolute atomic E-state index is 10.7. The van der Waals surface area contributed by atoms with Gasteiger partial charge >= 0.3 is 0 Å². The summed E-state index contributed by atoms with van der Waals surface area (Å²) in [4.78, 5) is 6.14. The Morgan fingerprint density at radius 3 is 2.95 bits per heavy atom. The average molecular weight is 340 g/mol. The van der Waals surface area contributed by atoms with E-state index < -0.39 is 10.1 Å². The molecule has 3 rings (SSSR count). The van der Waals surface area contributed by atoms with E-state index in [9.17, 15) is 13.0 Å². The van der Waals surface area contributed by atoms with Crippen LogP contribution in [-0.4, -0.2) is 43.3 Å². The first-order valence-electron chi connectivity index (χ1n) is 7.64. The minimum Gasteiger partial charge on any atom is -0.748 e. The number of hydrogen-bond acceptors (Lipinski definition) is 5. The van der Waals surface area contributed by atoms with Crippen LogP contribution in [0.2, 0.25) is 0 Å². The molecule has 0 amide bonds. The third-order valence-electron chi connectivity index (χ3n) is 4.20. The highest BCUT2D eigenvalue weighted by molar-refractivity contribution is 7.85. The molecule has 5 nitrogen and oxygen atoms in total. The molecule has 1 N–H and O–H groups in total. The second-order valence-electron chi connectivity index (χ2n) is 5.93. The first-order valence-corrected chi connectivity index (χ1v) is 10.0. The first kappa shape index (κ1) is 15.9. The van der Waals surface area contributed by atoms with Crippen LogP contribution in [0.25, 0.3) is 10.2 Å². The van der Waals surface area contributed by atoms with Crippen LogP contribution in [0.3, 0.4) is 0 Å². The zero-order valence-corrected chi connectivity index (χ0v) is 14.0. The van der Waals surface area contributed by atoms with Crippen LogP contribution in [0.4, 0.5) is 0 Å². The highest BCUT2D eigenvalue weighted by Gasteiger charge is 2.26. The van der Waals surface area contributed by atoms with Gasteiger partial charge in [-0.3, -0.25) is 0 Å². The number of rotatable bonds is 5. The van der Waals surface area contributed by atoms with E-state index >= 15 is 0 Å². The van der Waals surface area contributed by atoms with E-state index in [4.69, 9.17) is 4.98 Å². The summed E-state index contributed by atoms with van der Waals surface area (Å²) in [6.07, 6.45) is 2.72. The Hall–Kier alpha value is -1.02. The average Bonchev–Trinajstić information content (AvgIpc) is 2.90. The molecule has 120 valence electrons. The van der Waals surface area contributed by atoms with Crippen LogP contribution in [0.15, 0.2) is 24.3 Å². The van der Waals surface area contributed by atoms with Gasteiger partial charge in [0.25, 0.3) is 0 Å². The third kappa shape index (κ3) is 4.04. The SMILES string of the molecule is O=S(=O)([O-])CCC[NH+]1CCC[C@H](c2nc3ccccc3s2)C1. The van der Waals surface area contributed by atoms with Gasteiger partial charge in [0, 0.05) is 12.2 Å². The molecule has 7 heteroatoms. The fourth-order valence-electron chi connectivity index (χ4n) is 3.15. The summed E-state index contributed by atoms with van der Waals surface area (Å²) in [5, 5.41) is 1.19. The van der Waals surface area contributed by atoms with E-state index in [0.717, 1.165) is 38.0 Å². The Morgan fingerprint density at radius 2 is 2.18 bits per heavy atom. The third-order valence-corrected chi connectivity index (χ3v) is 6.19. The van der Waals surface area contributed by atoms with Crippen LogP contribution in [-0.2, 0) is 10.1 Å². The van der Waals surface area contributed by atoms with E-state index in [1.807, 2.05) is 18.2 Å². The lowest BCUT2D eigenvalue weighted by atomic mass is 9.98. The molecule has 0 radical (unpaired) electrons. The van der Waals surface area contributed by atoms with Crippen molar-refractivity contribution < 1.29 is 17.9 Å². The molecule has 1 aliphatic heterocycles. The summed E-state index contributed by atoms with van der Waals surface area (Å²) in [5.74, 6) is 0.201. The lowest BCUT2D eigenvalue weighted by Crippen LogP contribution is -3.13. The standard InChI is InChI=1S/C15H20N2O3S2/c18-22(19,20)10-4-9-17-8-3-5-12(11-17)15-16-13-6-1-2-7-14(13)21-15/h1-2,6-7,12H,3-5,8-11H2,(H,18,19,20)/t12-/m0/s1. The summed E-state index contributed by atoms with van der Waals surface area (Å²) in [6.45, 7) is 2.79. The van der Waals surface area contributed by atoms with Crippen LogP contribution in [0.1, 0.15) is 30.2 Å². The molecular weight excluding hydrogens is 320 g/mol. The predicted octanol–water partition coefficient (Wildman–Crippen LogP) is 0.994. The van der Waals surface area contributed by atoms with Gasteiger partial charge in [-0.25, -0.2) is 13.4 Å². The molecule has 1 fully saturated rings. The molecule has 0 aliphatic carbocycles. The summed E-state index contributed by atoms with van der Waals surface area (Å²) < 4.78 is 33.3. The van der Waals surface area contributed by atoms with E-state index in [2.05, 4.69) is 6.07 Å². The molecule has 0 bridgehead atoms. The fraction of sp³-hybridized carbons (Fsp3) is 0.533. The largest absolute Gasteiger partial charge is 0.748 e. The van der Waals surface area contributed by atoms with Crippen molar-refractivity contribution in [2.75, 3.05) is 25.4 Å². The van der Waals surface area contributed by atoms with Gasteiger partial charge in [0.1, 0.15) is 5.01 Å². The van der Waals surface area contributed by atoms with Gasteiger partial charge in [-0.1, -0.05) is 12.1 Å². The number of thiazole rings is 1. The predicted molar refractivity (Wildman–Crippen MR) is 86.3 cm³/mol. The van der Waals surface area contributed by atoms with Gasteiger partial charge in [0.05, 0.1) is 45.9 Å². The summed E-state index contributed by atoms with van der Waals surface area (Å²) in [7, 11) is -4.08. The maximum atomic E-state index is 10.7. The van der Waals surface area contributed by atoms with Crippen LogP contribution in [0, 0.1) is 0 Å². The molecule has 2 atom stereocenters. The highest BCUT2D eigenvalue weighted by atomic mass is 32.2. The van der Waals surface area contributed by atoms with Gasteiger partial charge in [-0.15, -0.1) is 11.3 Å². The quantitative estimate of drug-likeness (QED) is 0.824. The number of aromatic nitrogens is 1. The Labute approximate surface area is 134 Å².